The van der Waals surface area contributed by atoms with Crippen molar-refractivity contribution >= 4 is 21.4 Å². The zero-order valence-corrected chi connectivity index (χ0v) is 10.1. The van der Waals surface area contributed by atoms with E-state index in [2.05, 4.69) is 0 Å². The molecule has 0 saturated carbocycles. The second-order valence-electron chi connectivity index (χ2n) is 3.86. The number of fused-ring (bicyclic) bond motifs is 1. The van der Waals surface area contributed by atoms with Crippen molar-refractivity contribution in [3.05, 3.63) is 29.1 Å². The minimum absolute atomic E-state index is 0.315. The normalized spacial score (nSPS) is 15.0. The molecule has 2 aromatic rings. The summed E-state index contributed by atoms with van der Waals surface area (Å²) in [6.07, 6.45) is -0.695. The largest absolute Gasteiger partial charge is 0.496 e. The predicted molar refractivity (Wildman–Crippen MR) is 67.0 cm³/mol. The third-order valence-electron chi connectivity index (χ3n) is 2.62. The molecule has 2 rings (SSSR count). The summed E-state index contributed by atoms with van der Waals surface area (Å²) in [6, 6.07) is 5.60. The highest BCUT2D eigenvalue weighted by Gasteiger charge is 2.18. The van der Waals surface area contributed by atoms with Crippen molar-refractivity contribution in [3.8, 4) is 5.75 Å². The van der Waals surface area contributed by atoms with Crippen LogP contribution in [0.4, 0.5) is 0 Å². The van der Waals surface area contributed by atoms with Crippen molar-refractivity contribution < 1.29 is 9.84 Å². The Morgan fingerprint density at radius 1 is 1.44 bits per heavy atom. The summed E-state index contributed by atoms with van der Waals surface area (Å²) in [4.78, 5) is 0. The summed E-state index contributed by atoms with van der Waals surface area (Å²) in [7, 11) is 1.60. The lowest BCUT2D eigenvalue weighted by Crippen LogP contribution is -2.24. The summed E-state index contributed by atoms with van der Waals surface area (Å²) in [5.74, 6) is 0.694. The van der Waals surface area contributed by atoms with Gasteiger partial charge >= 0.3 is 0 Å². The van der Waals surface area contributed by atoms with Crippen LogP contribution in [-0.4, -0.2) is 18.3 Å². The lowest BCUT2D eigenvalue weighted by Gasteiger charge is -2.18. The topological polar surface area (TPSA) is 55.5 Å². The highest BCUT2D eigenvalue weighted by molar-refractivity contribution is 7.17. The average molecular weight is 237 g/mol. The molecular formula is C12H15NO2S. The van der Waals surface area contributed by atoms with Gasteiger partial charge in [-0.1, -0.05) is 0 Å². The Hall–Kier alpha value is -1.10. The van der Waals surface area contributed by atoms with E-state index in [-0.39, 0.29) is 6.04 Å². The van der Waals surface area contributed by atoms with Crippen LogP contribution >= 0.6 is 11.3 Å². The van der Waals surface area contributed by atoms with Gasteiger partial charge in [0.15, 0.2) is 0 Å². The van der Waals surface area contributed by atoms with Crippen LogP contribution in [0.1, 0.15) is 18.6 Å². The molecule has 0 bridgehead atoms. The van der Waals surface area contributed by atoms with Crippen LogP contribution in [0.15, 0.2) is 23.6 Å². The maximum Gasteiger partial charge on any atom is 0.126 e. The number of ether oxygens (including phenoxy) is 1. The standard InChI is InChI=1S/C12H15NO2S/c1-7(13)12(14)9-5-8-3-4-16-11(8)6-10(9)15-2/h3-7,12,14H,13H2,1-2H3. The molecule has 1 heterocycles. The van der Waals surface area contributed by atoms with Gasteiger partial charge in [-0.15, -0.1) is 11.3 Å². The molecule has 86 valence electrons. The van der Waals surface area contributed by atoms with Gasteiger partial charge in [0, 0.05) is 16.3 Å². The molecule has 0 amide bonds. The summed E-state index contributed by atoms with van der Waals surface area (Å²) < 4.78 is 6.44. The molecule has 0 aliphatic rings. The smallest absolute Gasteiger partial charge is 0.126 e. The molecule has 0 spiro atoms. The van der Waals surface area contributed by atoms with E-state index in [1.54, 1.807) is 25.4 Å². The number of thiophene rings is 1. The molecule has 16 heavy (non-hydrogen) atoms. The Labute approximate surface area is 98.5 Å². The third-order valence-corrected chi connectivity index (χ3v) is 3.50. The average Bonchev–Trinajstić information content (AvgIpc) is 2.72. The Morgan fingerprint density at radius 2 is 2.19 bits per heavy atom. The minimum atomic E-state index is -0.695. The number of rotatable bonds is 3. The molecule has 0 aliphatic carbocycles. The van der Waals surface area contributed by atoms with E-state index < -0.39 is 6.10 Å². The van der Waals surface area contributed by atoms with Crippen LogP contribution in [-0.2, 0) is 0 Å². The molecule has 0 radical (unpaired) electrons. The Kier molecular flexibility index (Phi) is 3.14. The highest BCUT2D eigenvalue weighted by atomic mass is 32.1. The molecule has 0 saturated heterocycles. The quantitative estimate of drug-likeness (QED) is 0.861. The maximum atomic E-state index is 10.0. The van der Waals surface area contributed by atoms with Crippen molar-refractivity contribution in [1.82, 2.24) is 0 Å². The van der Waals surface area contributed by atoms with Crippen LogP contribution < -0.4 is 10.5 Å². The number of methoxy groups -OCH3 is 1. The number of hydrogen-bond donors (Lipinski definition) is 2. The van der Waals surface area contributed by atoms with Gasteiger partial charge in [-0.25, -0.2) is 0 Å². The Bertz CT molecular complexity index is 493. The van der Waals surface area contributed by atoms with Crippen LogP contribution in [0.25, 0.3) is 10.1 Å². The van der Waals surface area contributed by atoms with Gasteiger partial charge in [-0.05, 0) is 35.9 Å². The molecule has 4 heteroatoms. The van der Waals surface area contributed by atoms with E-state index in [9.17, 15) is 5.11 Å². The number of hydrogen-bond acceptors (Lipinski definition) is 4. The zero-order chi connectivity index (χ0) is 11.7. The van der Waals surface area contributed by atoms with Gasteiger partial charge in [0.05, 0.1) is 13.2 Å². The van der Waals surface area contributed by atoms with E-state index in [1.165, 1.54) is 0 Å². The SMILES string of the molecule is COc1cc2sccc2cc1C(O)C(C)N. The van der Waals surface area contributed by atoms with E-state index in [0.29, 0.717) is 5.75 Å². The molecule has 0 aliphatic heterocycles. The molecule has 1 aromatic heterocycles. The first-order valence-electron chi connectivity index (χ1n) is 5.12. The Balaban J connectivity index is 2.56. The Morgan fingerprint density at radius 3 is 2.81 bits per heavy atom. The van der Waals surface area contributed by atoms with Gasteiger partial charge in [-0.2, -0.15) is 0 Å². The van der Waals surface area contributed by atoms with Crippen molar-refractivity contribution in [2.75, 3.05) is 7.11 Å². The van der Waals surface area contributed by atoms with Gasteiger partial charge in [0.1, 0.15) is 5.75 Å². The first kappa shape index (κ1) is 11.4. The lowest BCUT2D eigenvalue weighted by molar-refractivity contribution is 0.150. The fourth-order valence-corrected chi connectivity index (χ4v) is 2.50. The zero-order valence-electron chi connectivity index (χ0n) is 9.31. The first-order valence-corrected chi connectivity index (χ1v) is 6.00. The summed E-state index contributed by atoms with van der Waals surface area (Å²) in [5, 5.41) is 13.1. The first-order chi connectivity index (χ1) is 7.63. The number of aliphatic hydroxyl groups is 1. The van der Waals surface area contributed by atoms with E-state index in [4.69, 9.17) is 10.5 Å². The van der Waals surface area contributed by atoms with Crippen molar-refractivity contribution in [2.24, 2.45) is 5.73 Å². The van der Waals surface area contributed by atoms with Gasteiger partial charge in [0.25, 0.3) is 0 Å². The molecular weight excluding hydrogens is 222 g/mol. The fourth-order valence-electron chi connectivity index (χ4n) is 1.70. The van der Waals surface area contributed by atoms with Gasteiger partial charge in [0.2, 0.25) is 0 Å². The molecule has 0 fully saturated rings. The summed E-state index contributed by atoms with van der Waals surface area (Å²) in [5.41, 5.74) is 6.46. The monoisotopic (exact) mass is 237 g/mol. The highest BCUT2D eigenvalue weighted by Crippen LogP contribution is 2.33. The van der Waals surface area contributed by atoms with Gasteiger partial charge < -0.3 is 15.6 Å². The van der Waals surface area contributed by atoms with Crippen LogP contribution in [0, 0.1) is 0 Å². The minimum Gasteiger partial charge on any atom is -0.496 e. The fraction of sp³-hybridized carbons (Fsp3) is 0.333. The van der Waals surface area contributed by atoms with Crippen molar-refractivity contribution in [2.45, 2.75) is 19.1 Å². The van der Waals surface area contributed by atoms with Crippen LogP contribution in [0.2, 0.25) is 0 Å². The number of benzene rings is 1. The van der Waals surface area contributed by atoms with E-state index in [1.807, 2.05) is 23.6 Å². The predicted octanol–water partition coefficient (Wildman–Crippen LogP) is 2.29. The van der Waals surface area contributed by atoms with Crippen molar-refractivity contribution in [3.63, 3.8) is 0 Å². The molecule has 3 nitrogen and oxygen atoms in total. The second-order valence-corrected chi connectivity index (χ2v) is 4.80. The molecule has 2 atom stereocenters. The molecule has 3 N–H and O–H groups in total. The van der Waals surface area contributed by atoms with Crippen LogP contribution in [0.3, 0.4) is 0 Å². The third kappa shape index (κ3) is 1.91. The van der Waals surface area contributed by atoms with E-state index >= 15 is 0 Å². The molecule has 1 aromatic carbocycles. The summed E-state index contributed by atoms with van der Waals surface area (Å²) in [6.45, 7) is 1.78. The second kappa shape index (κ2) is 4.41. The molecule has 2 unspecified atom stereocenters. The van der Waals surface area contributed by atoms with Crippen LogP contribution in [0.5, 0.6) is 5.75 Å². The number of aliphatic hydroxyl groups excluding tert-OH is 1. The number of nitrogens with two attached hydrogens (primary N) is 1. The van der Waals surface area contributed by atoms with Gasteiger partial charge in [-0.3, -0.25) is 0 Å². The van der Waals surface area contributed by atoms with E-state index in [0.717, 1.165) is 15.6 Å². The van der Waals surface area contributed by atoms with Crippen molar-refractivity contribution in [1.29, 1.82) is 0 Å². The lowest BCUT2D eigenvalue weighted by atomic mass is 10.0. The maximum absolute atomic E-state index is 10.0. The summed E-state index contributed by atoms with van der Waals surface area (Å²) >= 11 is 1.65.